The zero-order valence-electron chi connectivity index (χ0n) is 10.9. The van der Waals surface area contributed by atoms with Gasteiger partial charge in [0.2, 0.25) is 0 Å². The first-order chi connectivity index (χ1) is 8.24. The van der Waals surface area contributed by atoms with Crippen LogP contribution in [0.2, 0.25) is 0 Å². The van der Waals surface area contributed by atoms with Crippen LogP contribution in [0.5, 0.6) is 0 Å². The van der Waals surface area contributed by atoms with Gasteiger partial charge in [-0.1, -0.05) is 6.07 Å². The first-order valence-corrected chi connectivity index (χ1v) is 6.62. The molecule has 0 saturated carbocycles. The molecule has 2 heterocycles. The molecule has 1 aliphatic heterocycles. The predicted molar refractivity (Wildman–Crippen MR) is 70.8 cm³/mol. The molecule has 1 saturated heterocycles. The van der Waals surface area contributed by atoms with Gasteiger partial charge >= 0.3 is 0 Å². The minimum absolute atomic E-state index is 0.622. The van der Waals surface area contributed by atoms with Crippen LogP contribution in [0.25, 0.3) is 0 Å². The Morgan fingerprint density at radius 3 is 2.53 bits per heavy atom. The molecular weight excluding hydrogens is 210 g/mol. The van der Waals surface area contributed by atoms with Crippen LogP contribution >= 0.6 is 0 Å². The number of hydrogen-bond donors (Lipinski definition) is 1. The Labute approximate surface area is 104 Å². The third-order valence-corrected chi connectivity index (χ3v) is 3.44. The Bertz CT molecular complexity index is 313. The number of nitrogens with one attached hydrogen (secondary N) is 1. The Kier molecular flexibility index (Phi) is 4.51. The van der Waals surface area contributed by atoms with Crippen molar-refractivity contribution in [2.45, 2.75) is 45.3 Å². The highest BCUT2D eigenvalue weighted by Gasteiger charge is 2.16. The van der Waals surface area contributed by atoms with Gasteiger partial charge in [0.05, 0.1) is 5.69 Å². The largest absolute Gasteiger partial charge is 0.312 e. The Balaban J connectivity index is 1.91. The van der Waals surface area contributed by atoms with E-state index in [0.29, 0.717) is 12.1 Å². The summed E-state index contributed by atoms with van der Waals surface area (Å²) in [5, 5.41) is 3.62. The average molecular weight is 233 g/mol. The Morgan fingerprint density at radius 2 is 1.94 bits per heavy atom. The molecule has 2 rings (SSSR count). The summed E-state index contributed by atoms with van der Waals surface area (Å²) in [6.45, 7) is 7.87. The van der Waals surface area contributed by atoms with E-state index in [0.717, 1.165) is 19.6 Å². The summed E-state index contributed by atoms with van der Waals surface area (Å²) in [4.78, 5) is 6.93. The summed E-state index contributed by atoms with van der Waals surface area (Å²) in [7, 11) is 0. The lowest BCUT2D eigenvalue weighted by atomic mass is 10.1. The number of pyridine rings is 1. The van der Waals surface area contributed by atoms with Crippen molar-refractivity contribution in [1.29, 1.82) is 0 Å². The van der Waals surface area contributed by atoms with Crippen LogP contribution in [-0.2, 0) is 6.54 Å². The van der Waals surface area contributed by atoms with E-state index < -0.39 is 0 Å². The molecule has 1 aromatic heterocycles. The molecule has 1 fully saturated rings. The van der Waals surface area contributed by atoms with E-state index in [-0.39, 0.29) is 0 Å². The fourth-order valence-electron chi connectivity index (χ4n) is 2.40. The minimum Gasteiger partial charge on any atom is -0.312 e. The van der Waals surface area contributed by atoms with Crippen molar-refractivity contribution in [3.05, 3.63) is 30.1 Å². The molecule has 3 nitrogen and oxygen atoms in total. The molecule has 0 spiro atoms. The third-order valence-electron chi connectivity index (χ3n) is 3.44. The van der Waals surface area contributed by atoms with Gasteiger partial charge < -0.3 is 5.32 Å². The summed E-state index contributed by atoms with van der Waals surface area (Å²) in [6.07, 6.45) is 4.32. The minimum atomic E-state index is 0.622. The standard InChI is InChI=1S/C14H23N3/c1-12-6-9-17(10-7-13(2)16-12)11-14-5-3-4-8-15-14/h3-5,8,12-13,16H,6-7,9-11H2,1-2H3. The fourth-order valence-corrected chi connectivity index (χ4v) is 2.40. The third kappa shape index (κ3) is 4.10. The summed E-state index contributed by atoms with van der Waals surface area (Å²) in [5.74, 6) is 0. The van der Waals surface area contributed by atoms with Crippen molar-refractivity contribution in [3.63, 3.8) is 0 Å². The molecule has 2 unspecified atom stereocenters. The van der Waals surface area contributed by atoms with Crippen molar-refractivity contribution in [3.8, 4) is 0 Å². The number of rotatable bonds is 2. The smallest absolute Gasteiger partial charge is 0.0543 e. The highest BCUT2D eigenvalue weighted by Crippen LogP contribution is 2.09. The van der Waals surface area contributed by atoms with Gasteiger partial charge in [0.25, 0.3) is 0 Å². The van der Waals surface area contributed by atoms with Gasteiger partial charge in [-0.15, -0.1) is 0 Å². The monoisotopic (exact) mass is 233 g/mol. The molecule has 1 aliphatic rings. The zero-order chi connectivity index (χ0) is 12.1. The summed E-state index contributed by atoms with van der Waals surface area (Å²) >= 11 is 0. The van der Waals surface area contributed by atoms with Crippen molar-refractivity contribution in [2.75, 3.05) is 13.1 Å². The fraction of sp³-hybridized carbons (Fsp3) is 0.643. The van der Waals surface area contributed by atoms with Crippen LogP contribution in [-0.4, -0.2) is 35.1 Å². The first-order valence-electron chi connectivity index (χ1n) is 6.62. The van der Waals surface area contributed by atoms with Gasteiger partial charge in [-0.05, 0) is 38.8 Å². The highest BCUT2D eigenvalue weighted by atomic mass is 15.1. The molecule has 0 aromatic carbocycles. The molecule has 94 valence electrons. The second kappa shape index (κ2) is 6.12. The van der Waals surface area contributed by atoms with Gasteiger partial charge in [0, 0.05) is 37.9 Å². The molecule has 0 radical (unpaired) electrons. The maximum absolute atomic E-state index is 4.41. The quantitative estimate of drug-likeness (QED) is 0.847. The van der Waals surface area contributed by atoms with E-state index in [1.165, 1.54) is 18.5 Å². The lowest BCUT2D eigenvalue weighted by Gasteiger charge is -2.30. The van der Waals surface area contributed by atoms with Gasteiger partial charge in [-0.25, -0.2) is 0 Å². The van der Waals surface area contributed by atoms with Crippen molar-refractivity contribution in [2.24, 2.45) is 0 Å². The van der Waals surface area contributed by atoms with Crippen molar-refractivity contribution in [1.82, 2.24) is 15.2 Å². The van der Waals surface area contributed by atoms with E-state index in [4.69, 9.17) is 0 Å². The van der Waals surface area contributed by atoms with E-state index in [1.54, 1.807) is 0 Å². The topological polar surface area (TPSA) is 28.2 Å². The maximum Gasteiger partial charge on any atom is 0.0543 e. The zero-order valence-corrected chi connectivity index (χ0v) is 10.9. The van der Waals surface area contributed by atoms with Gasteiger partial charge in [-0.2, -0.15) is 0 Å². The lowest BCUT2D eigenvalue weighted by Crippen LogP contribution is -2.42. The summed E-state index contributed by atoms with van der Waals surface area (Å²) in [5.41, 5.74) is 1.18. The molecule has 0 aliphatic carbocycles. The highest BCUT2D eigenvalue weighted by molar-refractivity contribution is 5.03. The molecule has 17 heavy (non-hydrogen) atoms. The van der Waals surface area contributed by atoms with Crippen LogP contribution in [0, 0.1) is 0 Å². The molecular formula is C14H23N3. The summed E-state index contributed by atoms with van der Waals surface area (Å²) < 4.78 is 0. The number of hydrogen-bond acceptors (Lipinski definition) is 3. The summed E-state index contributed by atoms with van der Waals surface area (Å²) in [6, 6.07) is 7.40. The van der Waals surface area contributed by atoms with Crippen LogP contribution < -0.4 is 5.32 Å². The Hall–Kier alpha value is -0.930. The van der Waals surface area contributed by atoms with Gasteiger partial charge in [0.1, 0.15) is 0 Å². The molecule has 2 atom stereocenters. The Morgan fingerprint density at radius 1 is 1.24 bits per heavy atom. The van der Waals surface area contributed by atoms with Gasteiger partial charge in [-0.3, -0.25) is 9.88 Å². The molecule has 3 heteroatoms. The van der Waals surface area contributed by atoms with Crippen LogP contribution in [0.3, 0.4) is 0 Å². The molecule has 0 bridgehead atoms. The van der Waals surface area contributed by atoms with Crippen LogP contribution in [0.1, 0.15) is 32.4 Å². The number of aromatic nitrogens is 1. The van der Waals surface area contributed by atoms with Crippen molar-refractivity contribution < 1.29 is 0 Å². The SMILES string of the molecule is CC1CCN(Cc2ccccn2)CCC(C)N1. The van der Waals surface area contributed by atoms with E-state index in [2.05, 4.69) is 41.2 Å². The normalized spacial score (nSPS) is 27.4. The maximum atomic E-state index is 4.41. The van der Waals surface area contributed by atoms with Crippen LogP contribution in [0.4, 0.5) is 0 Å². The van der Waals surface area contributed by atoms with Crippen molar-refractivity contribution >= 4 is 0 Å². The number of nitrogens with zero attached hydrogens (tertiary/aromatic N) is 2. The second-order valence-corrected chi connectivity index (χ2v) is 5.14. The van der Waals surface area contributed by atoms with E-state index in [1.807, 2.05) is 12.3 Å². The predicted octanol–water partition coefficient (Wildman–Crippen LogP) is 2.04. The van der Waals surface area contributed by atoms with Gasteiger partial charge in [0.15, 0.2) is 0 Å². The molecule has 0 amide bonds. The van der Waals surface area contributed by atoms with E-state index in [9.17, 15) is 0 Å². The van der Waals surface area contributed by atoms with Crippen LogP contribution in [0.15, 0.2) is 24.4 Å². The molecule has 1 N–H and O–H groups in total. The first kappa shape index (κ1) is 12.5. The van der Waals surface area contributed by atoms with E-state index >= 15 is 0 Å². The lowest BCUT2D eigenvalue weighted by molar-refractivity contribution is 0.210. The average Bonchev–Trinajstić information content (AvgIpc) is 2.32. The second-order valence-electron chi connectivity index (χ2n) is 5.14. The molecule has 1 aromatic rings.